The van der Waals surface area contributed by atoms with E-state index in [2.05, 4.69) is 23.2 Å². The van der Waals surface area contributed by atoms with Gasteiger partial charge in [0.15, 0.2) is 0 Å². The Bertz CT molecular complexity index is 353. The first kappa shape index (κ1) is 14.3. The van der Waals surface area contributed by atoms with E-state index < -0.39 is 0 Å². The molecule has 0 spiro atoms. The van der Waals surface area contributed by atoms with Crippen molar-refractivity contribution in [3.8, 4) is 0 Å². The van der Waals surface area contributed by atoms with Crippen LogP contribution in [0.3, 0.4) is 0 Å². The van der Waals surface area contributed by atoms with Gasteiger partial charge in [0.05, 0.1) is 4.34 Å². The van der Waals surface area contributed by atoms with E-state index in [1.54, 1.807) is 11.3 Å². The third kappa shape index (κ3) is 4.23. The lowest BCUT2D eigenvalue weighted by atomic mass is 10.0. The lowest BCUT2D eigenvalue weighted by Gasteiger charge is -2.35. The van der Waals surface area contributed by atoms with Gasteiger partial charge in [-0.2, -0.15) is 0 Å². The number of likely N-dealkylation sites (tertiary alicyclic amines) is 1. The van der Waals surface area contributed by atoms with E-state index in [1.807, 2.05) is 6.07 Å². The maximum atomic E-state index is 5.92. The predicted molar refractivity (Wildman–Crippen MR) is 80.5 cm³/mol. The third-order valence-corrected chi connectivity index (χ3v) is 4.96. The van der Waals surface area contributed by atoms with E-state index in [9.17, 15) is 0 Å². The molecule has 1 N–H and O–H groups in total. The highest BCUT2D eigenvalue weighted by atomic mass is 35.5. The van der Waals surface area contributed by atoms with Crippen molar-refractivity contribution in [2.24, 2.45) is 0 Å². The normalized spacial score (nSPS) is 21.3. The lowest BCUT2D eigenvalue weighted by Crippen LogP contribution is -2.42. The van der Waals surface area contributed by atoms with Crippen LogP contribution in [-0.2, 0) is 6.54 Å². The van der Waals surface area contributed by atoms with Gasteiger partial charge in [0.25, 0.3) is 0 Å². The molecule has 0 aromatic carbocycles. The van der Waals surface area contributed by atoms with Gasteiger partial charge in [-0.15, -0.1) is 11.3 Å². The van der Waals surface area contributed by atoms with Gasteiger partial charge in [-0.05, 0) is 37.9 Å². The van der Waals surface area contributed by atoms with Crippen molar-refractivity contribution in [3.63, 3.8) is 0 Å². The zero-order chi connectivity index (χ0) is 12.8. The molecule has 1 fully saturated rings. The quantitative estimate of drug-likeness (QED) is 0.801. The van der Waals surface area contributed by atoms with Crippen LogP contribution in [0.1, 0.15) is 37.5 Å². The summed E-state index contributed by atoms with van der Waals surface area (Å²) >= 11 is 7.58. The number of nitrogens with zero attached hydrogens (tertiary/aromatic N) is 1. The van der Waals surface area contributed by atoms with Crippen LogP contribution in [-0.4, -0.2) is 30.6 Å². The highest BCUT2D eigenvalue weighted by Gasteiger charge is 2.19. The first-order valence-electron chi connectivity index (χ1n) is 6.98. The summed E-state index contributed by atoms with van der Waals surface area (Å²) in [5.41, 5.74) is 0. The number of thiophene rings is 1. The summed E-state index contributed by atoms with van der Waals surface area (Å²) in [6.07, 6.45) is 5.46. The molecule has 0 bridgehead atoms. The molecule has 1 aliphatic heterocycles. The summed E-state index contributed by atoms with van der Waals surface area (Å²) in [7, 11) is 0. The zero-order valence-corrected chi connectivity index (χ0v) is 12.7. The van der Waals surface area contributed by atoms with Crippen molar-refractivity contribution < 1.29 is 0 Å². The largest absolute Gasteiger partial charge is 0.311 e. The van der Waals surface area contributed by atoms with Gasteiger partial charge in [0.2, 0.25) is 0 Å². The maximum Gasteiger partial charge on any atom is 0.0931 e. The van der Waals surface area contributed by atoms with E-state index in [0.29, 0.717) is 0 Å². The van der Waals surface area contributed by atoms with Gasteiger partial charge in [0.1, 0.15) is 0 Å². The number of nitrogens with one attached hydrogen (secondary N) is 1. The minimum atomic E-state index is 0.816. The Labute approximate surface area is 119 Å². The SMILES string of the molecule is CCC1CCCCN1CCNCc1ccc(Cl)s1. The number of hydrogen-bond acceptors (Lipinski definition) is 3. The molecule has 1 atom stereocenters. The fourth-order valence-electron chi connectivity index (χ4n) is 2.70. The predicted octanol–water partition coefficient (Wildman–Crippen LogP) is 3.76. The van der Waals surface area contributed by atoms with Crippen molar-refractivity contribution in [1.29, 1.82) is 0 Å². The third-order valence-electron chi connectivity index (χ3n) is 3.72. The van der Waals surface area contributed by atoms with E-state index in [-0.39, 0.29) is 0 Å². The van der Waals surface area contributed by atoms with Gasteiger partial charge < -0.3 is 5.32 Å². The maximum absolute atomic E-state index is 5.92. The molecule has 0 amide bonds. The molecule has 2 heterocycles. The van der Waals surface area contributed by atoms with Gasteiger partial charge in [0, 0.05) is 30.6 Å². The summed E-state index contributed by atoms with van der Waals surface area (Å²) in [4.78, 5) is 3.98. The number of piperidine rings is 1. The van der Waals surface area contributed by atoms with Gasteiger partial charge in [-0.3, -0.25) is 4.90 Å². The molecule has 1 unspecified atom stereocenters. The van der Waals surface area contributed by atoms with Crippen molar-refractivity contribution >= 4 is 22.9 Å². The number of halogens is 1. The van der Waals surface area contributed by atoms with Gasteiger partial charge in [-0.25, -0.2) is 0 Å². The van der Waals surface area contributed by atoms with E-state index in [0.717, 1.165) is 23.5 Å². The van der Waals surface area contributed by atoms with Crippen LogP contribution in [0.25, 0.3) is 0 Å². The Hall–Kier alpha value is -0.0900. The van der Waals surface area contributed by atoms with Crippen LogP contribution in [0.15, 0.2) is 12.1 Å². The second-order valence-electron chi connectivity index (χ2n) is 4.98. The topological polar surface area (TPSA) is 15.3 Å². The molecular weight excluding hydrogens is 264 g/mol. The van der Waals surface area contributed by atoms with Crippen molar-refractivity contribution in [2.75, 3.05) is 19.6 Å². The van der Waals surface area contributed by atoms with Crippen LogP contribution >= 0.6 is 22.9 Å². The minimum absolute atomic E-state index is 0.816. The van der Waals surface area contributed by atoms with Crippen LogP contribution in [0, 0.1) is 0 Å². The molecule has 0 saturated carbocycles. The van der Waals surface area contributed by atoms with E-state index in [4.69, 9.17) is 11.6 Å². The Kier molecular flexibility index (Phi) is 5.96. The van der Waals surface area contributed by atoms with Crippen molar-refractivity contribution in [3.05, 3.63) is 21.3 Å². The second kappa shape index (κ2) is 7.49. The Morgan fingerprint density at radius 1 is 1.44 bits per heavy atom. The zero-order valence-electron chi connectivity index (χ0n) is 11.1. The molecule has 2 nitrogen and oxygen atoms in total. The first-order valence-corrected chi connectivity index (χ1v) is 8.18. The number of rotatable bonds is 6. The molecule has 102 valence electrons. The molecular formula is C14H23ClN2S. The fraction of sp³-hybridized carbons (Fsp3) is 0.714. The summed E-state index contributed by atoms with van der Waals surface area (Å²) in [6.45, 7) is 6.79. The average Bonchev–Trinajstić information content (AvgIpc) is 2.81. The van der Waals surface area contributed by atoms with Crippen LogP contribution in [0.4, 0.5) is 0 Å². The monoisotopic (exact) mass is 286 g/mol. The number of hydrogen-bond donors (Lipinski definition) is 1. The van der Waals surface area contributed by atoms with Crippen LogP contribution in [0.5, 0.6) is 0 Å². The molecule has 1 aromatic rings. The molecule has 18 heavy (non-hydrogen) atoms. The molecule has 1 aromatic heterocycles. The minimum Gasteiger partial charge on any atom is -0.311 e. The fourth-order valence-corrected chi connectivity index (χ4v) is 3.75. The van der Waals surface area contributed by atoms with Crippen LogP contribution in [0.2, 0.25) is 4.34 Å². The van der Waals surface area contributed by atoms with Crippen molar-refractivity contribution in [2.45, 2.75) is 45.2 Å². The van der Waals surface area contributed by atoms with Gasteiger partial charge in [-0.1, -0.05) is 24.9 Å². The van der Waals surface area contributed by atoms with E-state index >= 15 is 0 Å². The lowest BCUT2D eigenvalue weighted by molar-refractivity contribution is 0.145. The smallest absolute Gasteiger partial charge is 0.0931 e. The van der Waals surface area contributed by atoms with Crippen molar-refractivity contribution in [1.82, 2.24) is 10.2 Å². The molecule has 4 heteroatoms. The Morgan fingerprint density at radius 2 is 2.33 bits per heavy atom. The summed E-state index contributed by atoms with van der Waals surface area (Å²) in [5.74, 6) is 0. The van der Waals surface area contributed by atoms with Crippen LogP contribution < -0.4 is 5.32 Å². The molecule has 0 radical (unpaired) electrons. The molecule has 2 rings (SSSR count). The Morgan fingerprint density at radius 3 is 3.06 bits per heavy atom. The second-order valence-corrected chi connectivity index (χ2v) is 6.78. The highest BCUT2D eigenvalue weighted by molar-refractivity contribution is 7.16. The highest BCUT2D eigenvalue weighted by Crippen LogP contribution is 2.21. The molecule has 1 saturated heterocycles. The first-order chi connectivity index (χ1) is 8.79. The summed E-state index contributed by atoms with van der Waals surface area (Å²) in [5, 5.41) is 3.52. The van der Waals surface area contributed by atoms with Gasteiger partial charge >= 0.3 is 0 Å². The average molecular weight is 287 g/mol. The summed E-state index contributed by atoms with van der Waals surface area (Å²) in [6, 6.07) is 4.90. The summed E-state index contributed by atoms with van der Waals surface area (Å²) < 4.78 is 0.883. The standard InChI is InChI=1S/C14H23ClN2S/c1-2-12-5-3-4-9-17(12)10-8-16-11-13-6-7-14(15)18-13/h6-7,12,16H,2-5,8-11H2,1H3. The van der Waals surface area contributed by atoms with E-state index in [1.165, 1.54) is 43.6 Å². The molecule has 0 aliphatic carbocycles. The molecule has 1 aliphatic rings. The Balaban J connectivity index is 1.65.